The molecule has 0 bridgehead atoms. The highest BCUT2D eigenvalue weighted by Crippen LogP contribution is 2.34. The van der Waals surface area contributed by atoms with Gasteiger partial charge in [0.2, 0.25) is 5.89 Å². The number of ether oxygens (including phenoxy) is 1. The molecule has 0 aliphatic carbocycles. The molecule has 1 atom stereocenters. The van der Waals surface area contributed by atoms with Crippen LogP contribution in [0.5, 0.6) is 0 Å². The molecule has 5 nitrogen and oxygen atoms in total. The van der Waals surface area contributed by atoms with Crippen molar-refractivity contribution in [3.05, 3.63) is 53.4 Å². The third kappa shape index (κ3) is 3.21. The largest absolute Gasteiger partial charge is 0.465 e. The molecule has 0 aliphatic heterocycles. The molecule has 2 heterocycles. The molecule has 24 heavy (non-hydrogen) atoms. The highest BCUT2D eigenvalue weighted by Gasteiger charge is 2.28. The summed E-state index contributed by atoms with van der Waals surface area (Å²) in [6.45, 7) is 3.80. The average Bonchev–Trinajstić information content (AvgIpc) is 3.24. The molecule has 6 heteroatoms. The third-order valence-corrected chi connectivity index (χ3v) is 3.79. The van der Waals surface area contributed by atoms with Gasteiger partial charge in [-0.05, 0) is 50.2 Å². The second-order valence-electron chi connectivity index (χ2n) is 5.19. The van der Waals surface area contributed by atoms with Gasteiger partial charge in [-0.3, -0.25) is 4.79 Å². The fraction of sp³-hybridized carbons (Fsp3) is 0.222. The van der Waals surface area contributed by atoms with Crippen LogP contribution in [0, 0.1) is 0 Å². The summed E-state index contributed by atoms with van der Waals surface area (Å²) in [5.41, 5.74) is 1.24. The van der Waals surface area contributed by atoms with Crippen molar-refractivity contribution in [3.8, 4) is 23.0 Å². The van der Waals surface area contributed by atoms with Crippen LogP contribution in [0.4, 0.5) is 0 Å². The number of oxazole rings is 1. The van der Waals surface area contributed by atoms with Crippen LogP contribution in [0.2, 0.25) is 5.02 Å². The van der Waals surface area contributed by atoms with Crippen LogP contribution in [0.1, 0.15) is 25.5 Å². The Labute approximate surface area is 144 Å². The summed E-state index contributed by atoms with van der Waals surface area (Å²) in [4.78, 5) is 16.6. The van der Waals surface area contributed by atoms with E-state index in [0.717, 1.165) is 5.56 Å². The van der Waals surface area contributed by atoms with Crippen molar-refractivity contribution in [3.63, 3.8) is 0 Å². The molecule has 124 valence electrons. The Morgan fingerprint density at radius 3 is 2.67 bits per heavy atom. The molecular formula is C18H16ClNO4. The summed E-state index contributed by atoms with van der Waals surface area (Å²) in [6, 6.07) is 10.6. The van der Waals surface area contributed by atoms with Gasteiger partial charge in [0, 0.05) is 10.6 Å². The summed E-state index contributed by atoms with van der Waals surface area (Å²) < 4.78 is 16.4. The van der Waals surface area contributed by atoms with E-state index in [1.54, 1.807) is 56.5 Å². The zero-order valence-corrected chi connectivity index (χ0v) is 14.0. The van der Waals surface area contributed by atoms with Crippen molar-refractivity contribution in [2.75, 3.05) is 6.61 Å². The molecule has 1 aromatic carbocycles. The molecule has 0 spiro atoms. The fourth-order valence-electron chi connectivity index (χ4n) is 2.30. The minimum atomic E-state index is -0.574. The third-order valence-electron chi connectivity index (χ3n) is 3.54. The Balaban J connectivity index is 2.06. The van der Waals surface area contributed by atoms with Crippen molar-refractivity contribution in [2.45, 2.75) is 19.8 Å². The molecule has 0 amide bonds. The predicted octanol–water partition coefficient (Wildman–Crippen LogP) is 4.92. The lowest BCUT2D eigenvalue weighted by Gasteiger charge is -2.08. The first-order valence-corrected chi connectivity index (χ1v) is 7.95. The van der Waals surface area contributed by atoms with Crippen LogP contribution in [0.3, 0.4) is 0 Å². The molecule has 0 saturated carbocycles. The zero-order valence-electron chi connectivity index (χ0n) is 13.3. The number of hydrogen-bond acceptors (Lipinski definition) is 5. The van der Waals surface area contributed by atoms with E-state index < -0.39 is 5.92 Å². The molecule has 0 fully saturated rings. The van der Waals surface area contributed by atoms with Crippen molar-refractivity contribution in [1.82, 2.24) is 4.98 Å². The van der Waals surface area contributed by atoms with Gasteiger partial charge in [-0.1, -0.05) is 11.6 Å². The first-order valence-electron chi connectivity index (χ1n) is 7.57. The smallest absolute Gasteiger partial charge is 0.314 e. The standard InChI is InChI=1S/C18H16ClNO4/c1-3-22-18(21)11(2)15-16(14-5-4-10-23-14)24-17(20-15)12-6-8-13(19)9-7-12/h4-11H,3H2,1-2H3. The summed E-state index contributed by atoms with van der Waals surface area (Å²) in [5, 5.41) is 0.622. The summed E-state index contributed by atoms with van der Waals surface area (Å²) in [7, 11) is 0. The van der Waals surface area contributed by atoms with Gasteiger partial charge in [0.15, 0.2) is 11.5 Å². The van der Waals surface area contributed by atoms with Crippen molar-refractivity contribution >= 4 is 17.6 Å². The number of carbonyl (C=O) groups excluding carboxylic acids is 1. The SMILES string of the molecule is CCOC(=O)C(C)c1nc(-c2ccc(Cl)cc2)oc1-c1ccco1. The number of rotatable bonds is 5. The lowest BCUT2D eigenvalue weighted by Crippen LogP contribution is -2.14. The van der Waals surface area contributed by atoms with Crippen LogP contribution in [0.15, 0.2) is 51.5 Å². The van der Waals surface area contributed by atoms with E-state index in [-0.39, 0.29) is 5.97 Å². The number of furan rings is 1. The Morgan fingerprint density at radius 2 is 2.04 bits per heavy atom. The van der Waals surface area contributed by atoms with Gasteiger partial charge in [0.05, 0.1) is 12.9 Å². The Morgan fingerprint density at radius 1 is 1.29 bits per heavy atom. The van der Waals surface area contributed by atoms with E-state index in [0.29, 0.717) is 34.7 Å². The highest BCUT2D eigenvalue weighted by atomic mass is 35.5. The molecule has 0 aliphatic rings. The highest BCUT2D eigenvalue weighted by molar-refractivity contribution is 6.30. The van der Waals surface area contributed by atoms with Gasteiger partial charge in [0.1, 0.15) is 11.6 Å². The molecule has 0 N–H and O–H groups in total. The van der Waals surface area contributed by atoms with Gasteiger partial charge in [-0.15, -0.1) is 0 Å². The van der Waals surface area contributed by atoms with E-state index in [1.165, 1.54) is 0 Å². The minimum Gasteiger partial charge on any atom is -0.465 e. The van der Waals surface area contributed by atoms with Crippen molar-refractivity contribution in [1.29, 1.82) is 0 Å². The van der Waals surface area contributed by atoms with Gasteiger partial charge in [-0.25, -0.2) is 4.98 Å². The zero-order chi connectivity index (χ0) is 17.1. The van der Waals surface area contributed by atoms with E-state index in [1.807, 2.05) is 0 Å². The molecular weight excluding hydrogens is 330 g/mol. The second kappa shape index (κ2) is 6.93. The van der Waals surface area contributed by atoms with E-state index in [2.05, 4.69) is 4.98 Å². The first-order chi connectivity index (χ1) is 11.6. The number of carbonyl (C=O) groups is 1. The Bertz CT molecular complexity index is 821. The molecule has 0 saturated heterocycles. The molecule has 3 rings (SSSR count). The van der Waals surface area contributed by atoms with Crippen LogP contribution in [-0.4, -0.2) is 17.6 Å². The predicted molar refractivity (Wildman–Crippen MR) is 89.7 cm³/mol. The lowest BCUT2D eigenvalue weighted by molar-refractivity contribution is -0.144. The fourth-order valence-corrected chi connectivity index (χ4v) is 2.43. The minimum absolute atomic E-state index is 0.307. The lowest BCUT2D eigenvalue weighted by atomic mass is 10.1. The quantitative estimate of drug-likeness (QED) is 0.614. The molecule has 1 unspecified atom stereocenters. The molecule has 0 radical (unpaired) electrons. The monoisotopic (exact) mass is 345 g/mol. The summed E-state index contributed by atoms with van der Waals surface area (Å²) >= 11 is 5.92. The molecule has 2 aromatic heterocycles. The van der Waals surface area contributed by atoms with Gasteiger partial charge in [-0.2, -0.15) is 0 Å². The summed E-state index contributed by atoms with van der Waals surface area (Å²) in [5.74, 6) is 0.389. The Hall–Kier alpha value is -2.53. The van der Waals surface area contributed by atoms with E-state index in [4.69, 9.17) is 25.2 Å². The van der Waals surface area contributed by atoms with E-state index in [9.17, 15) is 4.79 Å². The number of halogens is 1. The van der Waals surface area contributed by atoms with Crippen molar-refractivity contribution < 1.29 is 18.4 Å². The topological polar surface area (TPSA) is 65.5 Å². The van der Waals surface area contributed by atoms with Crippen molar-refractivity contribution in [2.24, 2.45) is 0 Å². The van der Waals surface area contributed by atoms with Gasteiger partial charge < -0.3 is 13.6 Å². The molecule has 3 aromatic rings. The number of benzene rings is 1. The van der Waals surface area contributed by atoms with Crippen LogP contribution in [-0.2, 0) is 9.53 Å². The maximum absolute atomic E-state index is 12.1. The number of aromatic nitrogens is 1. The van der Waals surface area contributed by atoms with Crippen LogP contribution in [0.25, 0.3) is 23.0 Å². The van der Waals surface area contributed by atoms with Crippen LogP contribution < -0.4 is 0 Å². The second-order valence-corrected chi connectivity index (χ2v) is 5.63. The van der Waals surface area contributed by atoms with Gasteiger partial charge >= 0.3 is 5.97 Å². The van der Waals surface area contributed by atoms with Gasteiger partial charge in [0.25, 0.3) is 0 Å². The average molecular weight is 346 g/mol. The maximum Gasteiger partial charge on any atom is 0.314 e. The summed E-state index contributed by atoms with van der Waals surface area (Å²) in [6.07, 6.45) is 1.54. The number of hydrogen-bond donors (Lipinski definition) is 0. The maximum atomic E-state index is 12.1. The van der Waals surface area contributed by atoms with Crippen LogP contribution >= 0.6 is 11.6 Å². The number of nitrogens with zero attached hydrogens (tertiary/aromatic N) is 1. The normalized spacial score (nSPS) is 12.1. The number of esters is 1. The first kappa shape index (κ1) is 16.3. The Kier molecular flexibility index (Phi) is 4.71. The van der Waals surface area contributed by atoms with E-state index >= 15 is 0 Å².